The Hall–Kier alpha value is -2.10. The van der Waals surface area contributed by atoms with E-state index in [1.807, 2.05) is 37.4 Å². The number of aryl methyl sites for hydroxylation is 1. The molecule has 1 N–H and O–H groups in total. The van der Waals surface area contributed by atoms with Gasteiger partial charge in [0, 0.05) is 24.2 Å². The zero-order valence-electron chi connectivity index (χ0n) is 13.4. The second-order valence-corrected chi connectivity index (χ2v) is 6.70. The minimum atomic E-state index is -0.486. The molecule has 0 saturated carbocycles. The largest absolute Gasteiger partial charge is 0.387 e. The summed E-state index contributed by atoms with van der Waals surface area (Å²) in [6.45, 7) is 2.71. The SMILES string of the molecule is Cc1ccsc1-c1ccc(N(C)CC(O)c2ccccc2)cc1. The van der Waals surface area contributed by atoms with Crippen LogP contribution in [0.25, 0.3) is 10.4 Å². The number of rotatable bonds is 5. The first-order valence-corrected chi connectivity index (χ1v) is 8.62. The lowest BCUT2D eigenvalue weighted by molar-refractivity contribution is 0.185. The highest BCUT2D eigenvalue weighted by Gasteiger charge is 2.11. The zero-order chi connectivity index (χ0) is 16.2. The van der Waals surface area contributed by atoms with Crippen LogP contribution in [0.5, 0.6) is 0 Å². The van der Waals surface area contributed by atoms with Gasteiger partial charge < -0.3 is 10.0 Å². The average Bonchev–Trinajstić information content (AvgIpc) is 3.02. The van der Waals surface area contributed by atoms with Crippen molar-refractivity contribution in [2.24, 2.45) is 0 Å². The van der Waals surface area contributed by atoms with Crippen molar-refractivity contribution in [2.45, 2.75) is 13.0 Å². The summed E-state index contributed by atoms with van der Waals surface area (Å²) in [4.78, 5) is 3.41. The van der Waals surface area contributed by atoms with E-state index in [0.717, 1.165) is 11.3 Å². The van der Waals surface area contributed by atoms with E-state index in [-0.39, 0.29) is 0 Å². The number of aliphatic hydroxyl groups excluding tert-OH is 1. The number of thiophene rings is 1. The first kappa shape index (κ1) is 15.8. The maximum absolute atomic E-state index is 10.4. The molecule has 1 heterocycles. The smallest absolute Gasteiger partial charge is 0.0964 e. The molecule has 3 aromatic rings. The van der Waals surface area contributed by atoms with E-state index in [0.29, 0.717) is 6.54 Å². The van der Waals surface area contributed by atoms with Gasteiger partial charge in [-0.05, 0) is 47.2 Å². The molecule has 1 unspecified atom stereocenters. The van der Waals surface area contributed by atoms with Crippen LogP contribution in [0, 0.1) is 6.92 Å². The number of likely N-dealkylation sites (N-methyl/N-ethyl adjacent to an activating group) is 1. The first-order chi connectivity index (χ1) is 11.1. The lowest BCUT2D eigenvalue weighted by Crippen LogP contribution is -2.24. The molecule has 0 spiro atoms. The molecule has 23 heavy (non-hydrogen) atoms. The van der Waals surface area contributed by atoms with Gasteiger partial charge in [-0.25, -0.2) is 0 Å². The monoisotopic (exact) mass is 323 g/mol. The molecule has 0 fully saturated rings. The van der Waals surface area contributed by atoms with E-state index < -0.39 is 6.10 Å². The summed E-state index contributed by atoms with van der Waals surface area (Å²) >= 11 is 1.77. The second-order valence-electron chi connectivity index (χ2n) is 5.79. The highest BCUT2D eigenvalue weighted by Crippen LogP contribution is 2.30. The van der Waals surface area contributed by atoms with Crippen LogP contribution in [0.3, 0.4) is 0 Å². The van der Waals surface area contributed by atoms with E-state index in [1.165, 1.54) is 16.0 Å². The summed E-state index contributed by atoms with van der Waals surface area (Å²) < 4.78 is 0. The van der Waals surface area contributed by atoms with Crippen molar-refractivity contribution in [1.29, 1.82) is 0 Å². The van der Waals surface area contributed by atoms with E-state index in [2.05, 4.69) is 47.5 Å². The third-order valence-corrected chi connectivity index (χ3v) is 5.13. The minimum absolute atomic E-state index is 0.486. The van der Waals surface area contributed by atoms with Crippen LogP contribution in [0.2, 0.25) is 0 Å². The van der Waals surface area contributed by atoms with Crippen molar-refractivity contribution in [3.63, 3.8) is 0 Å². The number of nitrogens with zero attached hydrogens (tertiary/aromatic N) is 1. The third-order valence-electron chi connectivity index (χ3n) is 4.06. The topological polar surface area (TPSA) is 23.5 Å². The fourth-order valence-corrected chi connectivity index (χ4v) is 3.62. The van der Waals surface area contributed by atoms with Crippen molar-refractivity contribution in [1.82, 2.24) is 0 Å². The number of aliphatic hydroxyl groups is 1. The van der Waals surface area contributed by atoms with Crippen LogP contribution < -0.4 is 4.90 Å². The molecule has 1 aromatic heterocycles. The van der Waals surface area contributed by atoms with E-state index in [1.54, 1.807) is 11.3 Å². The van der Waals surface area contributed by atoms with Gasteiger partial charge in [0.05, 0.1) is 6.10 Å². The Morgan fingerprint density at radius 3 is 2.30 bits per heavy atom. The molecule has 0 aliphatic rings. The first-order valence-electron chi connectivity index (χ1n) is 7.74. The Labute approximate surface area is 141 Å². The molecular formula is C20H21NOS. The molecule has 2 aromatic carbocycles. The minimum Gasteiger partial charge on any atom is -0.387 e. The maximum Gasteiger partial charge on any atom is 0.0964 e. The molecule has 0 aliphatic carbocycles. The van der Waals surface area contributed by atoms with Gasteiger partial charge in [-0.15, -0.1) is 11.3 Å². The fraction of sp³-hybridized carbons (Fsp3) is 0.200. The van der Waals surface area contributed by atoms with Gasteiger partial charge >= 0.3 is 0 Å². The summed E-state index contributed by atoms with van der Waals surface area (Å²) in [7, 11) is 2.01. The lowest BCUT2D eigenvalue weighted by atomic mass is 10.1. The number of benzene rings is 2. The number of anilines is 1. The Kier molecular flexibility index (Phi) is 4.79. The van der Waals surface area contributed by atoms with Crippen LogP contribution in [-0.4, -0.2) is 18.7 Å². The summed E-state index contributed by atoms with van der Waals surface area (Å²) in [5.41, 5.74) is 4.62. The average molecular weight is 323 g/mol. The van der Waals surface area contributed by atoms with Gasteiger partial charge in [0.15, 0.2) is 0 Å². The highest BCUT2D eigenvalue weighted by molar-refractivity contribution is 7.13. The van der Waals surface area contributed by atoms with Gasteiger partial charge in [-0.3, -0.25) is 0 Å². The van der Waals surface area contributed by atoms with E-state index in [9.17, 15) is 5.11 Å². The van der Waals surface area contributed by atoms with Gasteiger partial charge in [-0.1, -0.05) is 42.5 Å². The number of hydrogen-bond donors (Lipinski definition) is 1. The number of hydrogen-bond acceptors (Lipinski definition) is 3. The molecular weight excluding hydrogens is 302 g/mol. The van der Waals surface area contributed by atoms with Gasteiger partial charge in [-0.2, -0.15) is 0 Å². The fourth-order valence-electron chi connectivity index (χ4n) is 2.68. The van der Waals surface area contributed by atoms with Gasteiger partial charge in [0.2, 0.25) is 0 Å². The molecule has 2 nitrogen and oxygen atoms in total. The molecule has 118 valence electrons. The summed E-state index contributed by atoms with van der Waals surface area (Å²) in [5, 5.41) is 12.5. The van der Waals surface area contributed by atoms with Crippen LogP contribution in [0.15, 0.2) is 66.0 Å². The standard InChI is InChI=1S/C20H21NOS/c1-15-12-13-23-20(15)17-8-10-18(11-9-17)21(2)14-19(22)16-6-4-3-5-7-16/h3-13,19,22H,14H2,1-2H3. The van der Waals surface area contributed by atoms with Crippen LogP contribution in [0.4, 0.5) is 5.69 Å². The second kappa shape index (κ2) is 6.99. The summed E-state index contributed by atoms with van der Waals surface area (Å²) in [5.74, 6) is 0. The van der Waals surface area contributed by atoms with Gasteiger partial charge in [0.1, 0.15) is 0 Å². The van der Waals surface area contributed by atoms with Crippen LogP contribution >= 0.6 is 11.3 Å². The van der Waals surface area contributed by atoms with Crippen molar-refractivity contribution in [3.8, 4) is 10.4 Å². The predicted molar refractivity (Wildman–Crippen MR) is 99.2 cm³/mol. The Morgan fingerprint density at radius 1 is 1.00 bits per heavy atom. The molecule has 0 amide bonds. The Bertz CT molecular complexity index is 749. The van der Waals surface area contributed by atoms with Crippen molar-refractivity contribution >= 4 is 17.0 Å². The Morgan fingerprint density at radius 2 is 1.70 bits per heavy atom. The van der Waals surface area contributed by atoms with Crippen LogP contribution in [-0.2, 0) is 0 Å². The third kappa shape index (κ3) is 3.63. The quantitative estimate of drug-likeness (QED) is 0.722. The molecule has 0 saturated heterocycles. The highest BCUT2D eigenvalue weighted by atomic mass is 32.1. The summed E-state index contributed by atoms with van der Waals surface area (Å²) in [6, 6.07) is 20.5. The van der Waals surface area contributed by atoms with E-state index >= 15 is 0 Å². The molecule has 3 rings (SSSR count). The molecule has 0 aliphatic heterocycles. The molecule has 3 heteroatoms. The Balaban J connectivity index is 1.71. The van der Waals surface area contributed by atoms with Gasteiger partial charge in [0.25, 0.3) is 0 Å². The molecule has 0 bridgehead atoms. The van der Waals surface area contributed by atoms with E-state index in [4.69, 9.17) is 0 Å². The molecule has 1 atom stereocenters. The van der Waals surface area contributed by atoms with Crippen molar-refractivity contribution in [2.75, 3.05) is 18.5 Å². The predicted octanol–water partition coefficient (Wildman–Crippen LogP) is 4.89. The maximum atomic E-state index is 10.4. The zero-order valence-corrected chi connectivity index (χ0v) is 14.3. The summed E-state index contributed by atoms with van der Waals surface area (Å²) in [6.07, 6.45) is -0.486. The normalized spacial score (nSPS) is 12.1. The van der Waals surface area contributed by atoms with Crippen LogP contribution in [0.1, 0.15) is 17.2 Å². The lowest BCUT2D eigenvalue weighted by Gasteiger charge is -2.23. The van der Waals surface area contributed by atoms with Crippen molar-refractivity contribution in [3.05, 3.63) is 77.2 Å². The van der Waals surface area contributed by atoms with Crippen molar-refractivity contribution < 1.29 is 5.11 Å². The molecule has 0 radical (unpaired) electrons.